The molecule has 1 amide bonds. The average molecular weight is 277 g/mol. The molecule has 0 saturated heterocycles. The van der Waals surface area contributed by atoms with E-state index in [1.54, 1.807) is 0 Å². The van der Waals surface area contributed by atoms with Crippen LogP contribution in [0.2, 0.25) is 0 Å². The van der Waals surface area contributed by atoms with Crippen molar-refractivity contribution in [2.24, 2.45) is 0 Å². The van der Waals surface area contributed by atoms with E-state index < -0.39 is 5.97 Å². The Bertz CT molecular complexity index is 583. The molecule has 0 spiro atoms. The number of methoxy groups -OCH3 is 1. The van der Waals surface area contributed by atoms with Gasteiger partial charge in [-0.1, -0.05) is 30.3 Å². The van der Waals surface area contributed by atoms with Crippen LogP contribution in [0.1, 0.15) is 16.2 Å². The van der Waals surface area contributed by atoms with Crippen molar-refractivity contribution in [1.82, 2.24) is 9.36 Å². The van der Waals surface area contributed by atoms with E-state index >= 15 is 0 Å². The molecule has 1 aromatic heterocycles. The number of esters is 1. The maximum Gasteiger partial charge on any atom is 0.377 e. The number of hydrogen-bond acceptors (Lipinski definition) is 6. The molecule has 0 bridgehead atoms. The van der Waals surface area contributed by atoms with Gasteiger partial charge in [-0.2, -0.15) is 9.36 Å². The summed E-state index contributed by atoms with van der Waals surface area (Å²) in [7, 11) is 1.25. The number of nitrogens with zero attached hydrogens (tertiary/aromatic N) is 2. The number of hydrogen-bond donors (Lipinski definition) is 1. The lowest BCUT2D eigenvalue weighted by molar-refractivity contribution is -0.115. The summed E-state index contributed by atoms with van der Waals surface area (Å²) >= 11 is 0.938. The van der Waals surface area contributed by atoms with Crippen LogP contribution in [0.25, 0.3) is 0 Å². The fourth-order valence-electron chi connectivity index (χ4n) is 1.39. The second-order valence-corrected chi connectivity index (χ2v) is 4.38. The maximum absolute atomic E-state index is 11.7. The normalized spacial score (nSPS) is 9.95. The number of nitrogens with one attached hydrogen (secondary N) is 1. The first-order valence-corrected chi connectivity index (χ1v) is 6.22. The summed E-state index contributed by atoms with van der Waals surface area (Å²) in [4.78, 5) is 26.8. The molecule has 19 heavy (non-hydrogen) atoms. The number of benzene rings is 1. The second-order valence-electron chi connectivity index (χ2n) is 3.63. The third-order valence-electron chi connectivity index (χ3n) is 2.25. The fraction of sp³-hybridized carbons (Fsp3) is 0.167. The van der Waals surface area contributed by atoms with Crippen molar-refractivity contribution in [3.05, 3.63) is 41.7 Å². The van der Waals surface area contributed by atoms with Crippen LogP contribution >= 0.6 is 11.5 Å². The summed E-state index contributed by atoms with van der Waals surface area (Å²) < 4.78 is 8.27. The molecule has 2 aromatic rings. The Morgan fingerprint density at radius 2 is 2.05 bits per heavy atom. The van der Waals surface area contributed by atoms with Crippen LogP contribution < -0.4 is 5.32 Å². The third-order valence-corrected chi connectivity index (χ3v) is 2.88. The van der Waals surface area contributed by atoms with Gasteiger partial charge in [0.1, 0.15) is 0 Å². The van der Waals surface area contributed by atoms with Gasteiger partial charge in [0.2, 0.25) is 11.0 Å². The van der Waals surface area contributed by atoms with Crippen LogP contribution in [0.15, 0.2) is 30.3 Å². The second kappa shape index (κ2) is 6.05. The highest BCUT2D eigenvalue weighted by molar-refractivity contribution is 7.10. The van der Waals surface area contributed by atoms with Crippen LogP contribution in [0.5, 0.6) is 0 Å². The number of ether oxygens (including phenoxy) is 1. The van der Waals surface area contributed by atoms with Crippen molar-refractivity contribution in [2.45, 2.75) is 6.42 Å². The summed E-state index contributed by atoms with van der Waals surface area (Å²) in [6, 6.07) is 9.33. The molecule has 0 aliphatic carbocycles. The monoisotopic (exact) mass is 277 g/mol. The maximum atomic E-state index is 11.7. The third kappa shape index (κ3) is 3.59. The highest BCUT2D eigenvalue weighted by atomic mass is 32.1. The van der Waals surface area contributed by atoms with E-state index in [9.17, 15) is 9.59 Å². The molecular weight excluding hydrogens is 266 g/mol. The van der Waals surface area contributed by atoms with Crippen LogP contribution in [0.3, 0.4) is 0 Å². The molecular formula is C12H11N3O3S. The van der Waals surface area contributed by atoms with Crippen molar-refractivity contribution in [2.75, 3.05) is 12.4 Å². The standard InChI is InChI=1S/C12H11N3O3S/c1-18-11(17)10-14-12(19-15-10)13-9(16)7-8-5-3-2-4-6-8/h2-6H,7H2,1H3,(H,13,14,15,16). The minimum Gasteiger partial charge on any atom is -0.463 e. The van der Waals surface area contributed by atoms with Crippen molar-refractivity contribution in [3.63, 3.8) is 0 Å². The lowest BCUT2D eigenvalue weighted by Crippen LogP contribution is -2.14. The van der Waals surface area contributed by atoms with Crippen LogP contribution in [0, 0.1) is 0 Å². The summed E-state index contributed by atoms with van der Waals surface area (Å²) in [5, 5.41) is 2.87. The summed E-state index contributed by atoms with van der Waals surface area (Å²) in [5.74, 6) is -0.888. The minimum atomic E-state index is -0.625. The van der Waals surface area contributed by atoms with Gasteiger partial charge in [-0.05, 0) is 5.56 Å². The Kier molecular flexibility index (Phi) is 4.19. The molecule has 1 aromatic carbocycles. The predicted octanol–water partition coefficient (Wildman–Crippen LogP) is 1.51. The van der Waals surface area contributed by atoms with E-state index in [1.807, 2.05) is 30.3 Å². The predicted molar refractivity (Wildman–Crippen MR) is 70.0 cm³/mol. The first kappa shape index (κ1) is 13.2. The van der Waals surface area contributed by atoms with Crippen LogP contribution in [-0.2, 0) is 16.0 Å². The zero-order chi connectivity index (χ0) is 13.7. The van der Waals surface area contributed by atoms with Gasteiger partial charge in [0.15, 0.2) is 0 Å². The number of amides is 1. The SMILES string of the molecule is COC(=O)c1nsc(NC(=O)Cc2ccccc2)n1. The number of carbonyl (C=O) groups excluding carboxylic acids is 2. The Hall–Kier alpha value is -2.28. The first-order chi connectivity index (χ1) is 9.19. The van der Waals surface area contributed by atoms with Gasteiger partial charge < -0.3 is 10.1 Å². The molecule has 0 radical (unpaired) electrons. The topological polar surface area (TPSA) is 81.2 Å². The van der Waals surface area contributed by atoms with Gasteiger partial charge in [0.05, 0.1) is 13.5 Å². The average Bonchev–Trinajstić information content (AvgIpc) is 2.87. The lowest BCUT2D eigenvalue weighted by Gasteiger charge is -2.00. The van der Waals surface area contributed by atoms with Gasteiger partial charge in [-0.25, -0.2) is 4.79 Å². The molecule has 0 aliphatic heterocycles. The molecule has 0 saturated carbocycles. The smallest absolute Gasteiger partial charge is 0.377 e. The molecule has 7 heteroatoms. The molecule has 6 nitrogen and oxygen atoms in total. The quantitative estimate of drug-likeness (QED) is 0.857. The largest absolute Gasteiger partial charge is 0.463 e. The van der Waals surface area contributed by atoms with Gasteiger partial charge in [-0.15, -0.1) is 0 Å². The number of anilines is 1. The van der Waals surface area contributed by atoms with Gasteiger partial charge in [0.25, 0.3) is 5.82 Å². The number of rotatable bonds is 4. The molecule has 0 atom stereocenters. The van der Waals surface area contributed by atoms with Gasteiger partial charge >= 0.3 is 5.97 Å². The molecule has 1 heterocycles. The molecule has 0 fully saturated rings. The first-order valence-electron chi connectivity index (χ1n) is 5.45. The molecule has 0 unspecified atom stereocenters. The van der Waals surface area contributed by atoms with Crippen LogP contribution in [0.4, 0.5) is 5.13 Å². The van der Waals surface area contributed by atoms with Crippen molar-refractivity contribution in [1.29, 1.82) is 0 Å². The number of carbonyl (C=O) groups is 2. The molecule has 98 valence electrons. The Labute approximate surface area is 113 Å². The Morgan fingerprint density at radius 3 is 2.74 bits per heavy atom. The van der Waals surface area contributed by atoms with Gasteiger partial charge in [0, 0.05) is 11.5 Å². The van der Waals surface area contributed by atoms with E-state index in [0.717, 1.165) is 17.1 Å². The van der Waals surface area contributed by atoms with E-state index in [-0.39, 0.29) is 23.3 Å². The summed E-state index contributed by atoms with van der Waals surface area (Å²) in [5.41, 5.74) is 0.901. The zero-order valence-corrected chi connectivity index (χ0v) is 10.9. The highest BCUT2D eigenvalue weighted by Gasteiger charge is 2.14. The van der Waals surface area contributed by atoms with Crippen molar-refractivity contribution < 1.29 is 14.3 Å². The van der Waals surface area contributed by atoms with Crippen molar-refractivity contribution >= 4 is 28.5 Å². The van der Waals surface area contributed by atoms with Crippen LogP contribution in [-0.4, -0.2) is 28.3 Å². The minimum absolute atomic E-state index is 0.0532. The Morgan fingerprint density at radius 1 is 1.32 bits per heavy atom. The fourth-order valence-corrected chi connectivity index (χ4v) is 1.97. The van der Waals surface area contributed by atoms with E-state index in [4.69, 9.17) is 0 Å². The van der Waals surface area contributed by atoms with E-state index in [2.05, 4.69) is 19.4 Å². The summed E-state index contributed by atoms with van der Waals surface area (Å²) in [6.45, 7) is 0. The summed E-state index contributed by atoms with van der Waals surface area (Å²) in [6.07, 6.45) is 0.244. The highest BCUT2D eigenvalue weighted by Crippen LogP contribution is 2.12. The number of aromatic nitrogens is 2. The molecule has 1 N–H and O–H groups in total. The molecule has 0 aliphatic rings. The van der Waals surface area contributed by atoms with E-state index in [1.165, 1.54) is 7.11 Å². The van der Waals surface area contributed by atoms with Crippen molar-refractivity contribution in [3.8, 4) is 0 Å². The lowest BCUT2D eigenvalue weighted by atomic mass is 10.1. The molecule has 2 rings (SSSR count). The zero-order valence-electron chi connectivity index (χ0n) is 10.1. The van der Waals surface area contributed by atoms with Gasteiger partial charge in [-0.3, -0.25) is 4.79 Å². The Balaban J connectivity index is 1.96. The van der Waals surface area contributed by atoms with E-state index in [0.29, 0.717) is 0 Å².